The Morgan fingerprint density at radius 1 is 0.978 bits per heavy atom. The third kappa shape index (κ3) is 6.09. The van der Waals surface area contributed by atoms with Crippen molar-refractivity contribution in [1.29, 1.82) is 0 Å². The number of benzene rings is 1. The molecule has 10 nitrogen and oxygen atoms in total. The first kappa shape index (κ1) is 28.9. The largest absolute Gasteiger partial charge is 0.384 e. The van der Waals surface area contributed by atoms with E-state index >= 15 is 0 Å². The zero-order chi connectivity index (χ0) is 30.9. The molecule has 5 heterocycles. The molecule has 6 aromatic rings. The lowest BCUT2D eigenvalue weighted by Crippen LogP contribution is -2.26. The average Bonchev–Trinajstić information content (AvgIpc) is 3.80. The van der Waals surface area contributed by atoms with Gasteiger partial charge in [-0.25, -0.2) is 9.37 Å². The number of H-pyrrole nitrogens is 2. The number of rotatable bonds is 10. The monoisotopic (exact) mass is 605 g/mol. The van der Waals surface area contributed by atoms with Crippen molar-refractivity contribution < 1.29 is 9.50 Å². The Morgan fingerprint density at radius 2 is 1.82 bits per heavy atom. The molecule has 1 aliphatic carbocycles. The molecule has 0 amide bonds. The van der Waals surface area contributed by atoms with Crippen LogP contribution >= 0.6 is 0 Å². The van der Waals surface area contributed by atoms with Crippen molar-refractivity contribution >= 4 is 33.3 Å². The molecular weight excluding hydrogens is 569 g/mol. The van der Waals surface area contributed by atoms with E-state index < -0.39 is 6.23 Å². The highest BCUT2D eigenvalue weighted by Gasteiger charge is 2.23. The van der Waals surface area contributed by atoms with E-state index in [1.165, 1.54) is 6.07 Å². The topological polar surface area (TPSA) is 131 Å². The summed E-state index contributed by atoms with van der Waals surface area (Å²) < 4.78 is 14.7. The second-order valence-electron chi connectivity index (χ2n) is 12.0. The third-order valence-corrected chi connectivity index (χ3v) is 8.53. The van der Waals surface area contributed by atoms with Crippen molar-refractivity contribution in [3.63, 3.8) is 0 Å². The summed E-state index contributed by atoms with van der Waals surface area (Å²) in [4.78, 5) is 19.1. The van der Waals surface area contributed by atoms with E-state index in [0.717, 1.165) is 93.7 Å². The summed E-state index contributed by atoms with van der Waals surface area (Å²) in [5.74, 6) is -0.0450. The van der Waals surface area contributed by atoms with Crippen molar-refractivity contribution in [2.75, 3.05) is 37.8 Å². The van der Waals surface area contributed by atoms with E-state index in [1.807, 2.05) is 44.4 Å². The van der Waals surface area contributed by atoms with Gasteiger partial charge in [-0.1, -0.05) is 12.8 Å². The predicted octanol–water partition coefficient (Wildman–Crippen LogP) is 6.26. The molecule has 1 fully saturated rings. The maximum absolute atomic E-state index is 14.7. The van der Waals surface area contributed by atoms with Crippen LogP contribution in [-0.2, 0) is 0 Å². The van der Waals surface area contributed by atoms with Crippen LogP contribution in [0.1, 0.15) is 25.7 Å². The second kappa shape index (κ2) is 12.3. The number of halogens is 1. The van der Waals surface area contributed by atoms with Gasteiger partial charge >= 0.3 is 0 Å². The Balaban J connectivity index is 1.20. The molecule has 5 aromatic heterocycles. The summed E-state index contributed by atoms with van der Waals surface area (Å²) in [6, 6.07) is 12.9. The fraction of sp³-hybridized carbons (Fsp3) is 0.294. The Hall–Kier alpha value is -4.87. The molecule has 11 heteroatoms. The van der Waals surface area contributed by atoms with Gasteiger partial charge in [-0.3, -0.25) is 15.1 Å². The van der Waals surface area contributed by atoms with Crippen LogP contribution in [-0.4, -0.2) is 73.6 Å². The van der Waals surface area contributed by atoms with Crippen LogP contribution in [0.25, 0.3) is 55.7 Å². The molecule has 1 atom stereocenters. The number of fused-ring (bicyclic) bond motifs is 2. The summed E-state index contributed by atoms with van der Waals surface area (Å²) in [5.41, 5.74) is 7.66. The summed E-state index contributed by atoms with van der Waals surface area (Å²) in [5, 5.41) is 26.7. The Labute approximate surface area is 260 Å². The van der Waals surface area contributed by atoms with E-state index in [9.17, 15) is 9.50 Å². The SMILES string of the molecule is CN(C)CCNc1cc(F)cc(-c2ccnc3[nH]c(-c4n[nH]c5cnc(-c6cncc(NC(O)C7CCCC7)c6)cc45)cc23)c1. The van der Waals surface area contributed by atoms with E-state index in [0.29, 0.717) is 12.2 Å². The normalized spacial score (nSPS) is 14.5. The number of pyridine rings is 3. The van der Waals surface area contributed by atoms with Crippen LogP contribution in [0.2, 0.25) is 0 Å². The number of aliphatic hydroxyl groups excluding tert-OH is 1. The fourth-order valence-corrected chi connectivity index (χ4v) is 6.18. The molecule has 1 unspecified atom stereocenters. The first-order valence-electron chi connectivity index (χ1n) is 15.3. The summed E-state index contributed by atoms with van der Waals surface area (Å²) in [7, 11) is 4.01. The van der Waals surface area contributed by atoms with Crippen molar-refractivity contribution in [2.45, 2.75) is 31.9 Å². The van der Waals surface area contributed by atoms with Crippen molar-refractivity contribution in [2.24, 2.45) is 5.92 Å². The van der Waals surface area contributed by atoms with Gasteiger partial charge in [0.2, 0.25) is 0 Å². The maximum Gasteiger partial charge on any atom is 0.138 e. The van der Waals surface area contributed by atoms with Gasteiger partial charge in [0, 0.05) is 53.4 Å². The molecule has 45 heavy (non-hydrogen) atoms. The maximum atomic E-state index is 14.7. The zero-order valence-electron chi connectivity index (χ0n) is 25.3. The zero-order valence-corrected chi connectivity index (χ0v) is 25.3. The molecule has 1 saturated carbocycles. The number of nitrogens with zero attached hydrogens (tertiary/aromatic N) is 5. The summed E-state index contributed by atoms with van der Waals surface area (Å²) in [6.45, 7) is 1.54. The molecule has 1 aliphatic rings. The van der Waals surface area contributed by atoms with Crippen LogP contribution in [0.4, 0.5) is 15.8 Å². The Morgan fingerprint density at radius 3 is 2.67 bits per heavy atom. The highest BCUT2D eigenvalue weighted by Crippen LogP contribution is 2.35. The van der Waals surface area contributed by atoms with Gasteiger partial charge in [0.05, 0.1) is 35.0 Å². The van der Waals surface area contributed by atoms with Crippen LogP contribution in [0.15, 0.2) is 67.3 Å². The van der Waals surface area contributed by atoms with E-state index in [2.05, 4.69) is 45.7 Å². The van der Waals surface area contributed by atoms with Crippen molar-refractivity contribution in [3.05, 3.63) is 73.1 Å². The predicted molar refractivity (Wildman–Crippen MR) is 176 cm³/mol. The number of hydrogen-bond donors (Lipinski definition) is 5. The lowest BCUT2D eigenvalue weighted by molar-refractivity contribution is 0.137. The van der Waals surface area contributed by atoms with Gasteiger partial charge in [0.15, 0.2) is 0 Å². The first-order valence-corrected chi connectivity index (χ1v) is 15.3. The minimum atomic E-state index is -0.598. The van der Waals surface area contributed by atoms with Crippen molar-refractivity contribution in [1.82, 2.24) is 35.0 Å². The Kier molecular flexibility index (Phi) is 7.86. The minimum absolute atomic E-state index is 0.260. The molecule has 1 aromatic carbocycles. The van der Waals surface area contributed by atoms with Gasteiger partial charge in [0.25, 0.3) is 0 Å². The third-order valence-electron chi connectivity index (χ3n) is 8.53. The lowest BCUT2D eigenvalue weighted by atomic mass is 10.0. The molecule has 7 rings (SSSR count). The lowest BCUT2D eigenvalue weighted by Gasteiger charge is -2.20. The van der Waals surface area contributed by atoms with Gasteiger partial charge < -0.3 is 25.6 Å². The molecule has 0 saturated heterocycles. The molecule has 230 valence electrons. The van der Waals surface area contributed by atoms with Crippen LogP contribution in [0, 0.1) is 11.7 Å². The number of aromatic amines is 2. The van der Waals surface area contributed by atoms with E-state index in [-0.39, 0.29) is 11.7 Å². The van der Waals surface area contributed by atoms with Crippen LogP contribution in [0.3, 0.4) is 0 Å². The van der Waals surface area contributed by atoms with E-state index in [4.69, 9.17) is 0 Å². The van der Waals surface area contributed by atoms with Crippen LogP contribution in [0.5, 0.6) is 0 Å². The van der Waals surface area contributed by atoms with Crippen LogP contribution < -0.4 is 10.6 Å². The number of aromatic nitrogens is 6. The molecule has 0 radical (unpaired) electrons. The number of hydrogen-bond acceptors (Lipinski definition) is 8. The van der Waals surface area contributed by atoms with E-state index in [1.54, 1.807) is 30.9 Å². The van der Waals surface area contributed by atoms with Gasteiger partial charge in [-0.05, 0) is 80.5 Å². The highest BCUT2D eigenvalue weighted by molar-refractivity contribution is 6.00. The molecule has 0 bridgehead atoms. The van der Waals surface area contributed by atoms with Gasteiger partial charge in [-0.15, -0.1) is 0 Å². The molecule has 0 aliphatic heterocycles. The number of nitrogens with one attached hydrogen (secondary N) is 4. The molecule has 5 N–H and O–H groups in total. The summed E-state index contributed by atoms with van der Waals surface area (Å²) >= 11 is 0. The quantitative estimate of drug-likeness (QED) is 0.116. The number of aliphatic hydroxyl groups is 1. The Bertz CT molecular complexity index is 1960. The first-order chi connectivity index (χ1) is 21.9. The smallest absolute Gasteiger partial charge is 0.138 e. The van der Waals surface area contributed by atoms with Crippen molar-refractivity contribution in [3.8, 4) is 33.8 Å². The average molecular weight is 606 g/mol. The molecule has 0 spiro atoms. The second-order valence-corrected chi connectivity index (χ2v) is 12.0. The highest BCUT2D eigenvalue weighted by atomic mass is 19.1. The standard InChI is InChI=1S/C34H36FN9O/c1-44(2)10-9-37-24-12-21(11-23(35)14-24)26-7-8-38-33-27(26)15-30(41-33)32-28-16-29(39-19-31(28)42-43-32)22-13-25(18-36-17-22)40-34(45)20-5-3-4-6-20/h7-8,11-20,34,37,40,45H,3-6,9-10H2,1-2H3,(H,38,41)(H,42,43). The van der Waals surface area contributed by atoms with Gasteiger partial charge in [0.1, 0.15) is 23.4 Å². The fourth-order valence-electron chi connectivity index (χ4n) is 6.18. The minimum Gasteiger partial charge on any atom is -0.384 e. The molecular formula is C34H36FN9O. The number of likely N-dealkylation sites (N-methyl/N-ethyl adjacent to an activating group) is 1. The number of anilines is 2. The summed E-state index contributed by atoms with van der Waals surface area (Å²) in [6.07, 6.45) is 10.8. The van der Waals surface area contributed by atoms with Gasteiger partial charge in [-0.2, -0.15) is 5.10 Å².